The van der Waals surface area contributed by atoms with Crippen molar-refractivity contribution in [2.45, 2.75) is 33.6 Å². The van der Waals surface area contributed by atoms with Gasteiger partial charge in [-0.05, 0) is 25.3 Å². The van der Waals surface area contributed by atoms with E-state index in [2.05, 4.69) is 19.2 Å². The number of carbonyl (C=O) groups is 1. The second-order valence-electron chi connectivity index (χ2n) is 4.72. The molecule has 0 spiro atoms. The van der Waals surface area contributed by atoms with Gasteiger partial charge in [-0.25, -0.2) is 0 Å². The van der Waals surface area contributed by atoms with Gasteiger partial charge in [0.1, 0.15) is 0 Å². The Morgan fingerprint density at radius 1 is 1.47 bits per heavy atom. The normalized spacial score (nSPS) is 20.3. The molecule has 0 aromatic heterocycles. The maximum atomic E-state index is 12.0. The Balaban J connectivity index is 2.32. The van der Waals surface area contributed by atoms with Crippen molar-refractivity contribution in [3.8, 4) is 0 Å². The molecule has 0 aliphatic carbocycles. The molecule has 1 aliphatic heterocycles. The molecule has 0 saturated carbocycles. The van der Waals surface area contributed by atoms with Gasteiger partial charge in [-0.15, -0.1) is 0 Å². The lowest BCUT2D eigenvalue weighted by Crippen LogP contribution is -2.43. The molecule has 0 aromatic rings. The first kappa shape index (κ1) is 12.5. The summed E-state index contributed by atoms with van der Waals surface area (Å²) in [5, 5.41) is 3.23. The third-order valence-corrected chi connectivity index (χ3v) is 3.22. The van der Waals surface area contributed by atoms with Crippen molar-refractivity contribution >= 4 is 5.91 Å². The molecule has 15 heavy (non-hydrogen) atoms. The zero-order valence-electron chi connectivity index (χ0n) is 10.3. The second kappa shape index (κ2) is 6.11. The van der Waals surface area contributed by atoms with E-state index in [0.29, 0.717) is 5.91 Å². The Hall–Kier alpha value is -0.570. The predicted molar refractivity (Wildman–Crippen MR) is 62.7 cm³/mol. The van der Waals surface area contributed by atoms with Gasteiger partial charge < -0.3 is 10.2 Å². The van der Waals surface area contributed by atoms with Crippen molar-refractivity contribution in [1.82, 2.24) is 10.2 Å². The summed E-state index contributed by atoms with van der Waals surface area (Å²) in [5.41, 5.74) is 0. The molecular weight excluding hydrogens is 188 g/mol. The van der Waals surface area contributed by atoms with E-state index in [4.69, 9.17) is 0 Å². The molecule has 1 heterocycles. The van der Waals surface area contributed by atoms with Crippen LogP contribution in [0.1, 0.15) is 33.6 Å². The van der Waals surface area contributed by atoms with Gasteiger partial charge >= 0.3 is 0 Å². The number of rotatable bonds is 4. The van der Waals surface area contributed by atoms with Crippen molar-refractivity contribution in [2.75, 3.05) is 26.2 Å². The minimum atomic E-state index is 0.123. The topological polar surface area (TPSA) is 32.3 Å². The number of nitrogens with zero attached hydrogens (tertiary/aromatic N) is 1. The highest BCUT2D eigenvalue weighted by Gasteiger charge is 2.23. The molecule has 0 aromatic carbocycles. The fraction of sp³-hybridized carbons (Fsp3) is 0.917. The fourth-order valence-corrected chi connectivity index (χ4v) is 1.99. The van der Waals surface area contributed by atoms with Gasteiger partial charge in [0.2, 0.25) is 5.91 Å². The van der Waals surface area contributed by atoms with Crippen LogP contribution in [0.15, 0.2) is 0 Å². The zero-order chi connectivity index (χ0) is 11.3. The summed E-state index contributed by atoms with van der Waals surface area (Å²) in [7, 11) is 0. The Bertz CT molecular complexity index is 198. The average Bonchev–Trinajstić information content (AvgIpc) is 2.26. The Morgan fingerprint density at radius 2 is 2.07 bits per heavy atom. The van der Waals surface area contributed by atoms with Crippen LogP contribution in [0.25, 0.3) is 0 Å². The van der Waals surface area contributed by atoms with Crippen molar-refractivity contribution in [1.29, 1.82) is 0 Å². The van der Waals surface area contributed by atoms with Crippen LogP contribution in [0.2, 0.25) is 0 Å². The van der Waals surface area contributed by atoms with E-state index in [1.54, 1.807) is 0 Å². The number of hydrogen-bond donors (Lipinski definition) is 1. The van der Waals surface area contributed by atoms with Gasteiger partial charge in [-0.1, -0.05) is 20.8 Å². The SMILES string of the molecule is CCNCC(C)C(=O)N1CCC(C)CC1. The van der Waals surface area contributed by atoms with Crippen molar-refractivity contribution in [2.24, 2.45) is 11.8 Å². The molecule has 1 rings (SSSR count). The van der Waals surface area contributed by atoms with E-state index < -0.39 is 0 Å². The Kier molecular flexibility index (Phi) is 5.09. The number of piperidine rings is 1. The monoisotopic (exact) mass is 212 g/mol. The number of hydrogen-bond acceptors (Lipinski definition) is 2. The van der Waals surface area contributed by atoms with Gasteiger partial charge in [0, 0.05) is 25.6 Å². The quantitative estimate of drug-likeness (QED) is 0.766. The van der Waals surface area contributed by atoms with Crippen molar-refractivity contribution in [3.05, 3.63) is 0 Å². The molecule has 1 amide bonds. The lowest BCUT2D eigenvalue weighted by atomic mass is 9.98. The third-order valence-electron chi connectivity index (χ3n) is 3.22. The zero-order valence-corrected chi connectivity index (χ0v) is 10.3. The molecule has 1 unspecified atom stereocenters. The lowest BCUT2D eigenvalue weighted by molar-refractivity contribution is -0.136. The van der Waals surface area contributed by atoms with Gasteiger partial charge in [0.15, 0.2) is 0 Å². The number of amides is 1. The van der Waals surface area contributed by atoms with Crippen LogP contribution in [-0.2, 0) is 4.79 Å². The number of carbonyl (C=O) groups excluding carboxylic acids is 1. The van der Waals surface area contributed by atoms with Crippen molar-refractivity contribution in [3.63, 3.8) is 0 Å². The summed E-state index contributed by atoms with van der Waals surface area (Å²) in [6.07, 6.45) is 2.33. The van der Waals surface area contributed by atoms with E-state index in [0.717, 1.165) is 32.1 Å². The van der Waals surface area contributed by atoms with Crippen LogP contribution in [0, 0.1) is 11.8 Å². The van der Waals surface area contributed by atoms with E-state index in [1.165, 1.54) is 12.8 Å². The molecule has 1 N–H and O–H groups in total. The molecule has 1 saturated heterocycles. The number of likely N-dealkylation sites (tertiary alicyclic amines) is 1. The second-order valence-corrected chi connectivity index (χ2v) is 4.72. The van der Waals surface area contributed by atoms with Gasteiger partial charge in [-0.2, -0.15) is 0 Å². The smallest absolute Gasteiger partial charge is 0.226 e. The van der Waals surface area contributed by atoms with Crippen LogP contribution in [0.4, 0.5) is 0 Å². The van der Waals surface area contributed by atoms with Crippen LogP contribution in [0.5, 0.6) is 0 Å². The van der Waals surface area contributed by atoms with E-state index in [9.17, 15) is 4.79 Å². The first-order chi connectivity index (χ1) is 7.15. The maximum absolute atomic E-state index is 12.0. The molecule has 1 atom stereocenters. The molecule has 0 bridgehead atoms. The van der Waals surface area contributed by atoms with E-state index in [-0.39, 0.29) is 5.92 Å². The van der Waals surface area contributed by atoms with Crippen molar-refractivity contribution < 1.29 is 4.79 Å². The highest BCUT2D eigenvalue weighted by atomic mass is 16.2. The summed E-state index contributed by atoms with van der Waals surface area (Å²) in [4.78, 5) is 14.0. The van der Waals surface area contributed by atoms with Crippen LogP contribution >= 0.6 is 0 Å². The summed E-state index contributed by atoms with van der Waals surface area (Å²) < 4.78 is 0. The summed E-state index contributed by atoms with van der Waals surface area (Å²) in [6, 6.07) is 0. The molecule has 1 aliphatic rings. The van der Waals surface area contributed by atoms with E-state index in [1.807, 2.05) is 11.8 Å². The minimum absolute atomic E-state index is 0.123. The van der Waals surface area contributed by atoms with Gasteiger partial charge in [0.05, 0.1) is 0 Å². The number of nitrogens with one attached hydrogen (secondary N) is 1. The molecule has 3 nitrogen and oxygen atoms in total. The maximum Gasteiger partial charge on any atom is 0.226 e. The highest BCUT2D eigenvalue weighted by Crippen LogP contribution is 2.17. The third kappa shape index (κ3) is 3.82. The summed E-state index contributed by atoms with van der Waals surface area (Å²) >= 11 is 0. The highest BCUT2D eigenvalue weighted by molar-refractivity contribution is 5.78. The largest absolute Gasteiger partial charge is 0.342 e. The molecule has 3 heteroatoms. The summed E-state index contributed by atoms with van der Waals surface area (Å²) in [5.74, 6) is 1.24. The standard InChI is InChI=1S/C12H24N2O/c1-4-13-9-11(3)12(15)14-7-5-10(2)6-8-14/h10-11,13H,4-9H2,1-3H3. The van der Waals surface area contributed by atoms with E-state index >= 15 is 0 Å². The van der Waals surface area contributed by atoms with Crippen LogP contribution in [0.3, 0.4) is 0 Å². The summed E-state index contributed by atoms with van der Waals surface area (Å²) in [6.45, 7) is 10.0. The predicted octanol–water partition coefficient (Wildman–Crippen LogP) is 1.49. The Morgan fingerprint density at radius 3 is 2.60 bits per heavy atom. The molecular formula is C12H24N2O. The fourth-order valence-electron chi connectivity index (χ4n) is 1.99. The van der Waals surface area contributed by atoms with Gasteiger partial charge in [-0.3, -0.25) is 4.79 Å². The average molecular weight is 212 g/mol. The molecule has 0 radical (unpaired) electrons. The Labute approximate surface area is 93.2 Å². The first-order valence-electron chi connectivity index (χ1n) is 6.14. The molecule has 1 fully saturated rings. The van der Waals surface area contributed by atoms with Gasteiger partial charge in [0.25, 0.3) is 0 Å². The first-order valence-corrected chi connectivity index (χ1v) is 6.14. The van der Waals surface area contributed by atoms with Crippen LogP contribution in [-0.4, -0.2) is 37.0 Å². The minimum Gasteiger partial charge on any atom is -0.342 e. The van der Waals surface area contributed by atoms with Crippen LogP contribution < -0.4 is 5.32 Å². The molecule has 88 valence electrons. The lowest BCUT2D eigenvalue weighted by Gasteiger charge is -2.32.